The van der Waals surface area contributed by atoms with Crippen LogP contribution in [-0.2, 0) is 0 Å². The Labute approximate surface area is 108 Å². The molecule has 2 atom stereocenters. The second-order valence-corrected chi connectivity index (χ2v) is 5.82. The van der Waals surface area contributed by atoms with Gasteiger partial charge in [0.05, 0.1) is 0 Å². The Kier molecular flexibility index (Phi) is 4.75. The highest BCUT2D eigenvalue weighted by Gasteiger charge is 2.15. The quantitative estimate of drug-likeness (QED) is 0.893. The first-order valence-electron chi connectivity index (χ1n) is 6.34. The van der Waals surface area contributed by atoms with Crippen LogP contribution in [0.1, 0.15) is 31.2 Å². The van der Waals surface area contributed by atoms with E-state index in [1.54, 1.807) is 0 Å². The highest BCUT2D eigenvalue weighted by molar-refractivity contribution is 7.99. The van der Waals surface area contributed by atoms with E-state index >= 15 is 0 Å². The highest BCUT2D eigenvalue weighted by atomic mass is 32.2. The van der Waals surface area contributed by atoms with Crippen LogP contribution in [0.2, 0.25) is 0 Å². The Morgan fingerprint density at radius 1 is 1.53 bits per heavy atom. The molecule has 0 amide bonds. The summed E-state index contributed by atoms with van der Waals surface area (Å²) in [6.07, 6.45) is 2.84. The fourth-order valence-electron chi connectivity index (χ4n) is 2.03. The third kappa shape index (κ3) is 3.65. The summed E-state index contributed by atoms with van der Waals surface area (Å²) in [7, 11) is 0. The fourth-order valence-corrected chi connectivity index (χ4v) is 3.06. The molecule has 1 aliphatic heterocycles. The predicted molar refractivity (Wildman–Crippen MR) is 74.9 cm³/mol. The van der Waals surface area contributed by atoms with Crippen LogP contribution >= 0.6 is 11.8 Å². The molecule has 94 valence electrons. The van der Waals surface area contributed by atoms with Crippen LogP contribution in [0.5, 0.6) is 5.75 Å². The predicted octanol–water partition coefficient (Wildman–Crippen LogP) is 3.02. The highest BCUT2D eigenvalue weighted by Crippen LogP contribution is 2.25. The molecule has 1 aliphatic rings. The lowest BCUT2D eigenvalue weighted by Crippen LogP contribution is -2.23. The first kappa shape index (κ1) is 12.8. The summed E-state index contributed by atoms with van der Waals surface area (Å²) < 4.78 is 6.03. The molecule has 0 radical (unpaired) electrons. The Balaban J connectivity index is 2.00. The Morgan fingerprint density at radius 2 is 2.41 bits per heavy atom. The van der Waals surface area contributed by atoms with Gasteiger partial charge in [-0.2, -0.15) is 11.8 Å². The minimum atomic E-state index is 0.386. The maximum Gasteiger partial charge on any atom is 0.120 e. The smallest absolute Gasteiger partial charge is 0.120 e. The van der Waals surface area contributed by atoms with Gasteiger partial charge in [-0.25, -0.2) is 0 Å². The number of hydrogen-bond acceptors (Lipinski definition) is 3. The van der Waals surface area contributed by atoms with Gasteiger partial charge in [0.15, 0.2) is 0 Å². The van der Waals surface area contributed by atoms with Gasteiger partial charge in [0, 0.05) is 5.75 Å². The molecule has 1 aromatic carbocycles. The lowest BCUT2D eigenvalue weighted by Gasteiger charge is -2.23. The van der Waals surface area contributed by atoms with Crippen molar-refractivity contribution in [2.24, 2.45) is 5.73 Å². The van der Waals surface area contributed by atoms with E-state index in [0.29, 0.717) is 18.6 Å². The standard InChI is InChI=1S/C14H21NOS/c1-11(9-15)12-4-2-5-13(8-12)16-14-6-3-7-17-10-14/h2,4-5,8,11,14H,3,6-7,9-10,15H2,1H3. The number of benzene rings is 1. The van der Waals surface area contributed by atoms with Gasteiger partial charge >= 0.3 is 0 Å². The van der Waals surface area contributed by atoms with E-state index in [0.717, 1.165) is 11.5 Å². The molecule has 3 heteroatoms. The van der Waals surface area contributed by atoms with Crippen LogP contribution in [0.3, 0.4) is 0 Å². The van der Waals surface area contributed by atoms with Crippen molar-refractivity contribution >= 4 is 11.8 Å². The number of thioether (sulfide) groups is 1. The van der Waals surface area contributed by atoms with Crippen LogP contribution in [-0.4, -0.2) is 24.2 Å². The maximum absolute atomic E-state index is 6.03. The summed E-state index contributed by atoms with van der Waals surface area (Å²) in [5.74, 6) is 3.80. The van der Waals surface area contributed by atoms with Gasteiger partial charge < -0.3 is 10.5 Å². The SMILES string of the molecule is CC(CN)c1cccc(OC2CCCSC2)c1. The second kappa shape index (κ2) is 6.31. The van der Waals surface area contributed by atoms with Crippen molar-refractivity contribution in [3.05, 3.63) is 29.8 Å². The Morgan fingerprint density at radius 3 is 3.12 bits per heavy atom. The zero-order chi connectivity index (χ0) is 12.1. The molecule has 1 aromatic rings. The Hall–Kier alpha value is -0.670. The average molecular weight is 251 g/mol. The molecule has 0 saturated carbocycles. The van der Waals surface area contributed by atoms with E-state index in [1.807, 2.05) is 17.8 Å². The number of hydrogen-bond donors (Lipinski definition) is 1. The summed E-state index contributed by atoms with van der Waals surface area (Å²) in [6.45, 7) is 2.83. The molecule has 2 nitrogen and oxygen atoms in total. The molecule has 0 aromatic heterocycles. The van der Waals surface area contributed by atoms with E-state index in [4.69, 9.17) is 10.5 Å². The average Bonchev–Trinajstić information content (AvgIpc) is 2.39. The van der Waals surface area contributed by atoms with Gasteiger partial charge in [-0.05, 0) is 48.8 Å². The van der Waals surface area contributed by atoms with E-state index in [1.165, 1.54) is 24.2 Å². The van der Waals surface area contributed by atoms with Gasteiger partial charge in [0.2, 0.25) is 0 Å². The van der Waals surface area contributed by atoms with Crippen molar-refractivity contribution in [2.75, 3.05) is 18.1 Å². The van der Waals surface area contributed by atoms with Crippen LogP contribution < -0.4 is 10.5 Å². The molecule has 2 rings (SSSR count). The molecule has 0 bridgehead atoms. The molecule has 1 saturated heterocycles. The molecular formula is C14H21NOS. The van der Waals surface area contributed by atoms with Gasteiger partial charge in [-0.1, -0.05) is 19.1 Å². The molecule has 1 fully saturated rings. The second-order valence-electron chi connectivity index (χ2n) is 4.67. The summed E-state index contributed by atoms with van der Waals surface area (Å²) in [5, 5.41) is 0. The van der Waals surface area contributed by atoms with Gasteiger partial charge in [0.1, 0.15) is 11.9 Å². The monoisotopic (exact) mass is 251 g/mol. The summed E-state index contributed by atoms with van der Waals surface area (Å²) in [5.41, 5.74) is 6.97. The Bertz CT molecular complexity index is 350. The topological polar surface area (TPSA) is 35.2 Å². The molecule has 2 N–H and O–H groups in total. The zero-order valence-electron chi connectivity index (χ0n) is 10.4. The molecule has 0 spiro atoms. The van der Waals surface area contributed by atoms with Crippen LogP contribution in [0.4, 0.5) is 0 Å². The fraction of sp³-hybridized carbons (Fsp3) is 0.571. The summed E-state index contributed by atoms with van der Waals surface area (Å²) in [4.78, 5) is 0. The third-order valence-electron chi connectivity index (χ3n) is 3.20. The minimum Gasteiger partial charge on any atom is -0.490 e. The van der Waals surface area contributed by atoms with Crippen molar-refractivity contribution in [1.29, 1.82) is 0 Å². The number of ether oxygens (including phenoxy) is 1. The number of nitrogens with two attached hydrogens (primary N) is 1. The third-order valence-corrected chi connectivity index (χ3v) is 4.39. The molecule has 2 unspecified atom stereocenters. The molecule has 17 heavy (non-hydrogen) atoms. The van der Waals surface area contributed by atoms with Crippen molar-refractivity contribution in [3.63, 3.8) is 0 Å². The first-order valence-corrected chi connectivity index (χ1v) is 7.49. The van der Waals surface area contributed by atoms with E-state index < -0.39 is 0 Å². The van der Waals surface area contributed by atoms with Crippen LogP contribution in [0, 0.1) is 0 Å². The molecule has 0 aliphatic carbocycles. The number of rotatable bonds is 4. The normalized spacial score (nSPS) is 22.1. The van der Waals surface area contributed by atoms with Gasteiger partial charge in [0.25, 0.3) is 0 Å². The lowest BCUT2D eigenvalue weighted by molar-refractivity contribution is 0.211. The van der Waals surface area contributed by atoms with Crippen molar-refractivity contribution < 1.29 is 4.74 Å². The zero-order valence-corrected chi connectivity index (χ0v) is 11.2. The first-order chi connectivity index (χ1) is 8.29. The van der Waals surface area contributed by atoms with Gasteiger partial charge in [-0.15, -0.1) is 0 Å². The molecule has 1 heterocycles. The van der Waals surface area contributed by atoms with E-state index in [2.05, 4.69) is 25.1 Å². The summed E-state index contributed by atoms with van der Waals surface area (Å²) in [6, 6.07) is 8.37. The van der Waals surface area contributed by atoms with Crippen LogP contribution in [0.15, 0.2) is 24.3 Å². The lowest BCUT2D eigenvalue weighted by atomic mass is 10.0. The largest absolute Gasteiger partial charge is 0.490 e. The van der Waals surface area contributed by atoms with E-state index in [9.17, 15) is 0 Å². The van der Waals surface area contributed by atoms with Crippen molar-refractivity contribution in [1.82, 2.24) is 0 Å². The maximum atomic E-state index is 6.03. The van der Waals surface area contributed by atoms with Gasteiger partial charge in [-0.3, -0.25) is 0 Å². The van der Waals surface area contributed by atoms with Crippen molar-refractivity contribution in [2.45, 2.75) is 31.8 Å². The summed E-state index contributed by atoms with van der Waals surface area (Å²) >= 11 is 1.99. The minimum absolute atomic E-state index is 0.386. The molecular weight excluding hydrogens is 230 g/mol. The van der Waals surface area contributed by atoms with E-state index in [-0.39, 0.29) is 0 Å². The van der Waals surface area contributed by atoms with Crippen molar-refractivity contribution in [3.8, 4) is 5.75 Å². The van der Waals surface area contributed by atoms with Crippen LogP contribution in [0.25, 0.3) is 0 Å².